The average Bonchev–Trinajstić information content (AvgIpc) is 2.63. The number of nitrogens with one attached hydrogen (secondary N) is 2. The fourth-order valence-corrected chi connectivity index (χ4v) is 1.63. The number of rotatable bonds is 2. The summed E-state index contributed by atoms with van der Waals surface area (Å²) < 4.78 is 0. The summed E-state index contributed by atoms with van der Waals surface area (Å²) in [6.07, 6.45) is 1.98. The molecule has 0 aliphatic carbocycles. The Morgan fingerprint density at radius 3 is 2.92 bits per heavy atom. The van der Waals surface area contributed by atoms with E-state index in [4.69, 9.17) is 0 Å². The summed E-state index contributed by atoms with van der Waals surface area (Å²) in [5.74, 6) is 0. The zero-order valence-electron chi connectivity index (χ0n) is 7.96. The Morgan fingerprint density at radius 2 is 2.15 bits per heavy atom. The standard InChI is InChI=1S/C11H14N2/c1-8(12-2)10-5-3-4-9-6-7-13-11(9)10/h3-8,12-13H,1-2H3/t8-/m1/s1. The number of hydrogen-bond donors (Lipinski definition) is 2. The molecule has 0 amide bonds. The van der Waals surface area contributed by atoms with E-state index in [0.717, 1.165) is 0 Å². The molecule has 0 saturated carbocycles. The third-order valence-corrected chi connectivity index (χ3v) is 2.52. The predicted molar refractivity (Wildman–Crippen MR) is 55.8 cm³/mol. The van der Waals surface area contributed by atoms with Gasteiger partial charge in [0.15, 0.2) is 0 Å². The van der Waals surface area contributed by atoms with Crippen LogP contribution in [0.3, 0.4) is 0 Å². The van der Waals surface area contributed by atoms with Crippen molar-refractivity contribution in [1.29, 1.82) is 0 Å². The van der Waals surface area contributed by atoms with Gasteiger partial charge in [-0.05, 0) is 31.0 Å². The van der Waals surface area contributed by atoms with Crippen molar-refractivity contribution in [2.24, 2.45) is 0 Å². The predicted octanol–water partition coefficient (Wildman–Crippen LogP) is 2.45. The van der Waals surface area contributed by atoms with E-state index in [1.165, 1.54) is 16.5 Å². The van der Waals surface area contributed by atoms with Crippen molar-refractivity contribution < 1.29 is 0 Å². The van der Waals surface area contributed by atoms with Gasteiger partial charge in [0.1, 0.15) is 0 Å². The fraction of sp³-hybridized carbons (Fsp3) is 0.273. The topological polar surface area (TPSA) is 27.8 Å². The van der Waals surface area contributed by atoms with Crippen molar-refractivity contribution in [1.82, 2.24) is 10.3 Å². The van der Waals surface area contributed by atoms with Gasteiger partial charge in [0, 0.05) is 12.2 Å². The Kier molecular flexibility index (Phi) is 2.07. The molecule has 68 valence electrons. The van der Waals surface area contributed by atoms with Gasteiger partial charge in [-0.25, -0.2) is 0 Å². The van der Waals surface area contributed by atoms with Gasteiger partial charge < -0.3 is 10.3 Å². The largest absolute Gasteiger partial charge is 0.361 e. The second kappa shape index (κ2) is 3.23. The number of para-hydroxylation sites is 1. The highest BCUT2D eigenvalue weighted by atomic mass is 14.9. The minimum atomic E-state index is 0.391. The summed E-state index contributed by atoms with van der Waals surface area (Å²) in [5.41, 5.74) is 2.56. The summed E-state index contributed by atoms with van der Waals surface area (Å²) in [6.45, 7) is 2.16. The van der Waals surface area contributed by atoms with Gasteiger partial charge in [-0.1, -0.05) is 18.2 Å². The number of hydrogen-bond acceptors (Lipinski definition) is 1. The van der Waals surface area contributed by atoms with Crippen LogP contribution in [0.15, 0.2) is 30.5 Å². The molecule has 0 unspecified atom stereocenters. The lowest BCUT2D eigenvalue weighted by Crippen LogP contribution is -2.12. The molecule has 2 N–H and O–H groups in total. The lowest BCUT2D eigenvalue weighted by molar-refractivity contribution is 0.656. The van der Waals surface area contributed by atoms with Gasteiger partial charge in [0.05, 0.1) is 5.52 Å². The Morgan fingerprint density at radius 1 is 1.31 bits per heavy atom. The van der Waals surface area contributed by atoms with E-state index in [1.807, 2.05) is 13.2 Å². The second-order valence-electron chi connectivity index (χ2n) is 3.30. The minimum absolute atomic E-state index is 0.391. The third kappa shape index (κ3) is 1.33. The van der Waals surface area contributed by atoms with Crippen molar-refractivity contribution in [3.05, 3.63) is 36.0 Å². The van der Waals surface area contributed by atoms with E-state index < -0.39 is 0 Å². The number of fused-ring (bicyclic) bond motifs is 1. The van der Waals surface area contributed by atoms with Crippen molar-refractivity contribution in [3.63, 3.8) is 0 Å². The second-order valence-corrected chi connectivity index (χ2v) is 3.30. The molecule has 1 heterocycles. The monoisotopic (exact) mass is 174 g/mol. The van der Waals surface area contributed by atoms with Crippen LogP contribution in [-0.2, 0) is 0 Å². The van der Waals surface area contributed by atoms with Gasteiger partial charge in [0.2, 0.25) is 0 Å². The van der Waals surface area contributed by atoms with Crippen LogP contribution in [0.25, 0.3) is 10.9 Å². The molecule has 1 aromatic heterocycles. The molecule has 0 fully saturated rings. The van der Waals surface area contributed by atoms with Gasteiger partial charge in [0.25, 0.3) is 0 Å². The first kappa shape index (κ1) is 8.32. The molecule has 2 rings (SSSR count). The number of aromatic amines is 1. The minimum Gasteiger partial charge on any atom is -0.361 e. The zero-order valence-corrected chi connectivity index (χ0v) is 7.96. The maximum atomic E-state index is 3.26. The fourth-order valence-electron chi connectivity index (χ4n) is 1.63. The molecule has 0 aliphatic rings. The van der Waals surface area contributed by atoms with E-state index in [1.54, 1.807) is 0 Å². The van der Waals surface area contributed by atoms with Gasteiger partial charge in [-0.3, -0.25) is 0 Å². The van der Waals surface area contributed by atoms with Crippen LogP contribution in [0.4, 0.5) is 0 Å². The maximum absolute atomic E-state index is 3.26. The quantitative estimate of drug-likeness (QED) is 0.719. The molecule has 0 aliphatic heterocycles. The summed E-state index contributed by atoms with van der Waals surface area (Å²) in [7, 11) is 1.98. The van der Waals surface area contributed by atoms with Crippen LogP contribution in [-0.4, -0.2) is 12.0 Å². The van der Waals surface area contributed by atoms with Gasteiger partial charge in [-0.2, -0.15) is 0 Å². The molecule has 2 aromatic rings. The smallest absolute Gasteiger partial charge is 0.0502 e. The highest BCUT2D eigenvalue weighted by Gasteiger charge is 2.06. The molecule has 13 heavy (non-hydrogen) atoms. The first-order chi connectivity index (χ1) is 6.33. The SMILES string of the molecule is CN[C@H](C)c1cccc2cc[nH]c12. The number of H-pyrrole nitrogens is 1. The summed E-state index contributed by atoms with van der Waals surface area (Å²) in [6, 6.07) is 8.86. The molecule has 2 nitrogen and oxygen atoms in total. The Hall–Kier alpha value is -1.28. The number of benzene rings is 1. The molecule has 1 atom stereocenters. The van der Waals surface area contributed by atoms with Crippen molar-refractivity contribution in [2.75, 3.05) is 7.05 Å². The van der Waals surface area contributed by atoms with E-state index in [-0.39, 0.29) is 0 Å². The van der Waals surface area contributed by atoms with Crippen molar-refractivity contribution in [2.45, 2.75) is 13.0 Å². The van der Waals surface area contributed by atoms with Crippen LogP contribution in [0.5, 0.6) is 0 Å². The zero-order chi connectivity index (χ0) is 9.26. The molecular formula is C11H14N2. The van der Waals surface area contributed by atoms with Crippen LogP contribution < -0.4 is 5.32 Å². The Bertz CT molecular complexity index is 403. The molecular weight excluding hydrogens is 160 g/mol. The average molecular weight is 174 g/mol. The first-order valence-corrected chi connectivity index (χ1v) is 4.56. The van der Waals surface area contributed by atoms with E-state index in [0.29, 0.717) is 6.04 Å². The maximum Gasteiger partial charge on any atom is 0.0502 e. The first-order valence-electron chi connectivity index (χ1n) is 4.56. The lowest BCUT2D eigenvalue weighted by Gasteiger charge is -2.11. The van der Waals surface area contributed by atoms with Crippen molar-refractivity contribution in [3.8, 4) is 0 Å². The van der Waals surface area contributed by atoms with Crippen LogP contribution in [0.2, 0.25) is 0 Å². The van der Waals surface area contributed by atoms with E-state index in [2.05, 4.69) is 41.5 Å². The van der Waals surface area contributed by atoms with E-state index in [9.17, 15) is 0 Å². The van der Waals surface area contributed by atoms with Gasteiger partial charge >= 0.3 is 0 Å². The molecule has 0 spiro atoms. The molecule has 0 bridgehead atoms. The lowest BCUT2D eigenvalue weighted by atomic mass is 10.1. The normalized spacial score (nSPS) is 13.4. The highest BCUT2D eigenvalue weighted by Crippen LogP contribution is 2.22. The Labute approximate surface area is 78.0 Å². The van der Waals surface area contributed by atoms with Crippen molar-refractivity contribution >= 4 is 10.9 Å². The van der Waals surface area contributed by atoms with E-state index >= 15 is 0 Å². The molecule has 0 radical (unpaired) electrons. The molecule has 1 aromatic carbocycles. The summed E-state index contributed by atoms with van der Waals surface area (Å²) >= 11 is 0. The van der Waals surface area contributed by atoms with Crippen LogP contribution >= 0.6 is 0 Å². The summed E-state index contributed by atoms with van der Waals surface area (Å²) in [5, 5.41) is 4.52. The van der Waals surface area contributed by atoms with Crippen LogP contribution in [0.1, 0.15) is 18.5 Å². The molecule has 0 saturated heterocycles. The molecule has 2 heteroatoms. The van der Waals surface area contributed by atoms with Crippen LogP contribution in [0, 0.1) is 0 Å². The summed E-state index contributed by atoms with van der Waals surface area (Å²) in [4.78, 5) is 3.26. The Balaban J connectivity index is 2.60. The number of aromatic nitrogens is 1. The van der Waals surface area contributed by atoms with Gasteiger partial charge in [-0.15, -0.1) is 0 Å². The third-order valence-electron chi connectivity index (χ3n) is 2.52. The highest BCUT2D eigenvalue weighted by molar-refractivity contribution is 5.82.